The normalized spacial score (nSPS) is 15.3. The van der Waals surface area contributed by atoms with Crippen LogP contribution in [-0.2, 0) is 9.53 Å². The molecule has 11 heavy (non-hydrogen) atoms. The lowest BCUT2D eigenvalue weighted by molar-refractivity contribution is -0.149. The van der Waals surface area contributed by atoms with Gasteiger partial charge in [0.05, 0.1) is 0 Å². The summed E-state index contributed by atoms with van der Waals surface area (Å²) in [5, 5.41) is 9.27. The van der Waals surface area contributed by atoms with Gasteiger partial charge in [0.1, 0.15) is 12.2 Å². The van der Waals surface area contributed by atoms with Crippen LogP contribution in [0.2, 0.25) is 0 Å². The molecule has 0 bridgehead atoms. The monoisotopic (exact) mass is 158 g/mol. The fourth-order valence-corrected chi connectivity index (χ4v) is 0.727. The van der Waals surface area contributed by atoms with E-state index in [4.69, 9.17) is 4.74 Å². The van der Waals surface area contributed by atoms with E-state index in [9.17, 15) is 9.90 Å². The number of carbonyl (C=O) groups excluding carboxylic acids is 1. The molecule has 0 aliphatic rings. The number of hydrogen-bond donors (Lipinski definition) is 1. The summed E-state index contributed by atoms with van der Waals surface area (Å²) in [6.07, 6.45) is -1.27. The van der Waals surface area contributed by atoms with Crippen LogP contribution in [0.15, 0.2) is 12.2 Å². The number of rotatable bonds is 3. The van der Waals surface area contributed by atoms with Crippen molar-refractivity contribution in [2.45, 2.75) is 33.0 Å². The van der Waals surface area contributed by atoms with Crippen molar-refractivity contribution >= 4 is 5.97 Å². The molecule has 0 spiro atoms. The van der Waals surface area contributed by atoms with Gasteiger partial charge in [0.15, 0.2) is 0 Å². The summed E-state index contributed by atoms with van der Waals surface area (Å²) in [6, 6.07) is 0. The van der Waals surface area contributed by atoms with E-state index < -0.39 is 18.2 Å². The molecule has 0 heterocycles. The average molecular weight is 158 g/mol. The minimum Gasteiger partial charge on any atom is -0.460 e. The first-order chi connectivity index (χ1) is 4.95. The molecule has 0 aromatic heterocycles. The second-order valence-electron chi connectivity index (χ2n) is 2.61. The van der Waals surface area contributed by atoms with Gasteiger partial charge in [0.25, 0.3) is 0 Å². The summed E-state index contributed by atoms with van der Waals surface area (Å²) in [5.41, 5.74) is 0.596. The second-order valence-corrected chi connectivity index (χ2v) is 2.61. The Morgan fingerprint density at radius 1 is 1.55 bits per heavy atom. The Kier molecular flexibility index (Phi) is 3.82. The van der Waals surface area contributed by atoms with Gasteiger partial charge in [-0.25, -0.2) is 0 Å². The van der Waals surface area contributed by atoms with Crippen LogP contribution in [0.3, 0.4) is 0 Å². The Labute approximate surface area is 66.7 Å². The average Bonchev–Trinajstić information content (AvgIpc) is 1.84. The molecule has 0 saturated heterocycles. The Morgan fingerprint density at radius 2 is 2.00 bits per heavy atom. The third-order valence-electron chi connectivity index (χ3n) is 1.30. The standard InChI is InChI=1S/C8H14O3/c1-5(2)8(10)6(3)11-7(4)9/h6,8,10H,1H2,2-4H3/t6-,8-/m1/s1. The maximum absolute atomic E-state index is 10.4. The van der Waals surface area contributed by atoms with Crippen LogP contribution in [0.1, 0.15) is 20.8 Å². The summed E-state index contributed by atoms with van der Waals surface area (Å²) >= 11 is 0. The fourth-order valence-electron chi connectivity index (χ4n) is 0.727. The van der Waals surface area contributed by atoms with E-state index in [0.29, 0.717) is 5.57 Å². The first-order valence-corrected chi connectivity index (χ1v) is 3.46. The molecule has 0 unspecified atom stereocenters. The third-order valence-corrected chi connectivity index (χ3v) is 1.30. The van der Waals surface area contributed by atoms with E-state index in [2.05, 4.69) is 6.58 Å². The first kappa shape index (κ1) is 10.2. The molecular weight excluding hydrogens is 144 g/mol. The van der Waals surface area contributed by atoms with Crippen molar-refractivity contribution in [1.82, 2.24) is 0 Å². The zero-order chi connectivity index (χ0) is 9.02. The van der Waals surface area contributed by atoms with Crippen molar-refractivity contribution in [3.05, 3.63) is 12.2 Å². The summed E-state index contributed by atoms with van der Waals surface area (Å²) in [5.74, 6) is -0.391. The van der Waals surface area contributed by atoms with Gasteiger partial charge < -0.3 is 9.84 Å². The number of ether oxygens (including phenoxy) is 1. The molecule has 0 aromatic carbocycles. The van der Waals surface area contributed by atoms with E-state index >= 15 is 0 Å². The van der Waals surface area contributed by atoms with Gasteiger partial charge >= 0.3 is 5.97 Å². The van der Waals surface area contributed by atoms with Crippen molar-refractivity contribution in [2.24, 2.45) is 0 Å². The molecule has 64 valence electrons. The molecule has 2 atom stereocenters. The topological polar surface area (TPSA) is 46.5 Å². The first-order valence-electron chi connectivity index (χ1n) is 3.46. The van der Waals surface area contributed by atoms with Gasteiger partial charge in [-0.1, -0.05) is 6.58 Å². The minimum atomic E-state index is -0.765. The summed E-state index contributed by atoms with van der Waals surface area (Å²) in [6.45, 7) is 8.16. The molecule has 0 aliphatic carbocycles. The zero-order valence-electron chi connectivity index (χ0n) is 7.13. The van der Waals surface area contributed by atoms with Gasteiger partial charge in [-0.15, -0.1) is 0 Å². The van der Waals surface area contributed by atoms with Crippen molar-refractivity contribution in [2.75, 3.05) is 0 Å². The van der Waals surface area contributed by atoms with Gasteiger partial charge in [-0.2, -0.15) is 0 Å². The lowest BCUT2D eigenvalue weighted by Gasteiger charge is -2.18. The molecule has 0 aliphatic heterocycles. The Balaban J connectivity index is 3.92. The maximum Gasteiger partial charge on any atom is 0.302 e. The highest BCUT2D eigenvalue weighted by atomic mass is 16.6. The molecule has 0 rings (SSSR count). The Morgan fingerprint density at radius 3 is 2.27 bits per heavy atom. The molecule has 0 saturated carbocycles. The largest absolute Gasteiger partial charge is 0.460 e. The van der Waals surface area contributed by atoms with E-state index in [1.165, 1.54) is 6.92 Å². The fraction of sp³-hybridized carbons (Fsp3) is 0.625. The Bertz CT molecular complexity index is 163. The lowest BCUT2D eigenvalue weighted by atomic mass is 10.1. The highest BCUT2D eigenvalue weighted by molar-refractivity contribution is 5.66. The summed E-state index contributed by atoms with van der Waals surface area (Å²) < 4.78 is 4.72. The van der Waals surface area contributed by atoms with Crippen molar-refractivity contribution in [1.29, 1.82) is 0 Å². The van der Waals surface area contributed by atoms with Crippen LogP contribution < -0.4 is 0 Å². The smallest absolute Gasteiger partial charge is 0.302 e. The molecule has 0 aromatic rings. The van der Waals surface area contributed by atoms with E-state index in [-0.39, 0.29) is 0 Å². The van der Waals surface area contributed by atoms with Crippen molar-refractivity contribution in [3.63, 3.8) is 0 Å². The van der Waals surface area contributed by atoms with Gasteiger partial charge in [-0.3, -0.25) is 4.79 Å². The van der Waals surface area contributed by atoms with Gasteiger partial charge in [0, 0.05) is 6.92 Å². The highest BCUT2D eigenvalue weighted by Gasteiger charge is 2.16. The van der Waals surface area contributed by atoms with Crippen LogP contribution in [0.4, 0.5) is 0 Å². The SMILES string of the molecule is C=C(C)[C@@H](O)[C@@H](C)OC(C)=O. The quantitative estimate of drug-likeness (QED) is 0.489. The lowest BCUT2D eigenvalue weighted by Crippen LogP contribution is -2.28. The van der Waals surface area contributed by atoms with E-state index in [0.717, 1.165) is 0 Å². The number of esters is 1. The highest BCUT2D eigenvalue weighted by Crippen LogP contribution is 2.06. The maximum atomic E-state index is 10.4. The number of carbonyl (C=O) groups is 1. The van der Waals surface area contributed by atoms with Crippen LogP contribution in [0.25, 0.3) is 0 Å². The van der Waals surface area contributed by atoms with Gasteiger partial charge in [-0.05, 0) is 19.4 Å². The minimum absolute atomic E-state index is 0.391. The number of aliphatic hydroxyl groups excluding tert-OH is 1. The molecule has 0 radical (unpaired) electrons. The van der Waals surface area contributed by atoms with Crippen molar-refractivity contribution < 1.29 is 14.6 Å². The molecule has 0 amide bonds. The Hall–Kier alpha value is -0.830. The van der Waals surface area contributed by atoms with Crippen LogP contribution >= 0.6 is 0 Å². The summed E-state index contributed by atoms with van der Waals surface area (Å²) in [7, 11) is 0. The van der Waals surface area contributed by atoms with Crippen LogP contribution in [0, 0.1) is 0 Å². The molecular formula is C8H14O3. The molecule has 3 heteroatoms. The van der Waals surface area contributed by atoms with Crippen LogP contribution in [0.5, 0.6) is 0 Å². The predicted octanol–water partition coefficient (Wildman–Crippen LogP) is 0.875. The number of aliphatic hydroxyl groups is 1. The third kappa shape index (κ3) is 3.78. The predicted molar refractivity (Wildman–Crippen MR) is 42.0 cm³/mol. The number of hydrogen-bond acceptors (Lipinski definition) is 3. The van der Waals surface area contributed by atoms with E-state index in [1.807, 2.05) is 0 Å². The summed E-state index contributed by atoms with van der Waals surface area (Å²) in [4.78, 5) is 10.4. The van der Waals surface area contributed by atoms with E-state index in [1.54, 1.807) is 13.8 Å². The second kappa shape index (κ2) is 4.13. The zero-order valence-corrected chi connectivity index (χ0v) is 7.13. The molecule has 1 N–H and O–H groups in total. The van der Waals surface area contributed by atoms with Crippen LogP contribution in [-0.4, -0.2) is 23.3 Å². The van der Waals surface area contributed by atoms with Crippen molar-refractivity contribution in [3.8, 4) is 0 Å². The van der Waals surface area contributed by atoms with Gasteiger partial charge in [0.2, 0.25) is 0 Å². The molecule has 0 fully saturated rings. The molecule has 3 nitrogen and oxygen atoms in total.